The highest BCUT2D eigenvalue weighted by Gasteiger charge is 2.35. The van der Waals surface area contributed by atoms with Gasteiger partial charge < -0.3 is 16.2 Å². The summed E-state index contributed by atoms with van der Waals surface area (Å²) in [4.78, 5) is 12.2. The van der Waals surface area contributed by atoms with Crippen molar-refractivity contribution in [2.75, 3.05) is 6.54 Å². The first-order valence-electron chi connectivity index (χ1n) is 7.37. The number of nitrogens with one attached hydrogen (secondary N) is 1. The van der Waals surface area contributed by atoms with Gasteiger partial charge >= 0.3 is 0 Å². The molecule has 2 unspecified atom stereocenters. The van der Waals surface area contributed by atoms with Gasteiger partial charge in [-0.05, 0) is 25.7 Å². The van der Waals surface area contributed by atoms with Gasteiger partial charge in [0, 0.05) is 12.5 Å². The molecule has 0 aliphatic heterocycles. The zero-order valence-corrected chi connectivity index (χ0v) is 11.2. The first-order valence-corrected chi connectivity index (χ1v) is 7.37. The molecule has 0 bridgehead atoms. The maximum Gasteiger partial charge on any atom is 0.240 e. The van der Waals surface area contributed by atoms with E-state index < -0.39 is 5.54 Å². The van der Waals surface area contributed by atoms with Crippen molar-refractivity contribution >= 4 is 5.91 Å². The van der Waals surface area contributed by atoms with Gasteiger partial charge in [-0.2, -0.15) is 0 Å². The van der Waals surface area contributed by atoms with Gasteiger partial charge in [0.05, 0.1) is 11.6 Å². The third-order valence-corrected chi connectivity index (χ3v) is 4.59. The molecule has 2 aliphatic rings. The van der Waals surface area contributed by atoms with Crippen LogP contribution in [0, 0.1) is 5.92 Å². The molecular weight excluding hydrogens is 228 g/mol. The number of carbonyl (C=O) groups excluding carboxylic acids is 1. The van der Waals surface area contributed by atoms with E-state index in [0.29, 0.717) is 6.54 Å². The number of carbonyl (C=O) groups is 1. The van der Waals surface area contributed by atoms with Crippen molar-refractivity contribution in [3.8, 4) is 0 Å². The predicted octanol–water partition coefficient (Wildman–Crippen LogP) is 1.32. The Bertz CT molecular complexity index is 288. The van der Waals surface area contributed by atoms with Gasteiger partial charge in [0.25, 0.3) is 0 Å². The number of aliphatic hydroxyl groups is 1. The van der Waals surface area contributed by atoms with Crippen LogP contribution in [0.5, 0.6) is 0 Å². The van der Waals surface area contributed by atoms with Crippen LogP contribution in [0.4, 0.5) is 0 Å². The smallest absolute Gasteiger partial charge is 0.240 e. The van der Waals surface area contributed by atoms with Crippen molar-refractivity contribution in [1.82, 2.24) is 5.32 Å². The van der Waals surface area contributed by atoms with Crippen molar-refractivity contribution < 1.29 is 9.90 Å². The van der Waals surface area contributed by atoms with Crippen LogP contribution in [0.1, 0.15) is 57.8 Å². The number of rotatable bonds is 3. The summed E-state index contributed by atoms with van der Waals surface area (Å²) in [7, 11) is 0. The molecule has 0 aromatic rings. The zero-order valence-electron chi connectivity index (χ0n) is 11.2. The van der Waals surface area contributed by atoms with Gasteiger partial charge in [-0.3, -0.25) is 4.79 Å². The number of amides is 1. The van der Waals surface area contributed by atoms with E-state index in [1.807, 2.05) is 0 Å². The minimum atomic E-state index is -0.655. The van der Waals surface area contributed by atoms with Crippen LogP contribution >= 0.6 is 0 Å². The summed E-state index contributed by atoms with van der Waals surface area (Å²) in [5.74, 6) is 0.204. The average molecular weight is 254 g/mol. The minimum absolute atomic E-state index is 0.0139. The number of hydrogen-bond acceptors (Lipinski definition) is 3. The highest BCUT2D eigenvalue weighted by Crippen LogP contribution is 2.27. The number of aliphatic hydroxyl groups excluding tert-OH is 1. The Morgan fingerprint density at radius 3 is 2.50 bits per heavy atom. The topological polar surface area (TPSA) is 75.4 Å². The monoisotopic (exact) mass is 254 g/mol. The molecule has 4 nitrogen and oxygen atoms in total. The van der Waals surface area contributed by atoms with Gasteiger partial charge in [-0.25, -0.2) is 0 Å². The molecule has 1 amide bonds. The Morgan fingerprint density at radius 1 is 1.17 bits per heavy atom. The van der Waals surface area contributed by atoms with Crippen molar-refractivity contribution in [2.24, 2.45) is 11.7 Å². The maximum absolute atomic E-state index is 12.2. The van der Waals surface area contributed by atoms with Crippen molar-refractivity contribution in [1.29, 1.82) is 0 Å². The van der Waals surface area contributed by atoms with E-state index in [1.54, 1.807) is 0 Å². The van der Waals surface area contributed by atoms with E-state index in [-0.39, 0.29) is 17.9 Å². The molecule has 0 aromatic heterocycles. The van der Waals surface area contributed by atoms with Crippen LogP contribution in [-0.2, 0) is 4.79 Å². The largest absolute Gasteiger partial charge is 0.393 e. The van der Waals surface area contributed by atoms with Crippen LogP contribution in [-0.4, -0.2) is 29.2 Å². The fourth-order valence-corrected chi connectivity index (χ4v) is 3.24. The van der Waals surface area contributed by atoms with Crippen molar-refractivity contribution in [2.45, 2.75) is 69.4 Å². The van der Waals surface area contributed by atoms with E-state index in [9.17, 15) is 9.90 Å². The quantitative estimate of drug-likeness (QED) is 0.711. The maximum atomic E-state index is 12.2. The molecule has 4 heteroatoms. The molecular formula is C14H26N2O2. The average Bonchev–Trinajstić information content (AvgIpc) is 2.38. The normalized spacial score (nSPS) is 31.9. The van der Waals surface area contributed by atoms with E-state index in [2.05, 4.69) is 5.32 Å². The van der Waals surface area contributed by atoms with Crippen molar-refractivity contribution in [3.63, 3.8) is 0 Å². The fourth-order valence-electron chi connectivity index (χ4n) is 3.24. The molecule has 0 radical (unpaired) electrons. The second-order valence-electron chi connectivity index (χ2n) is 6.04. The molecule has 0 heterocycles. The lowest BCUT2D eigenvalue weighted by atomic mass is 9.81. The molecule has 2 rings (SSSR count). The lowest BCUT2D eigenvalue weighted by Crippen LogP contribution is -2.56. The first-order chi connectivity index (χ1) is 8.62. The summed E-state index contributed by atoms with van der Waals surface area (Å²) >= 11 is 0. The summed E-state index contributed by atoms with van der Waals surface area (Å²) in [5.41, 5.74) is 5.52. The van der Waals surface area contributed by atoms with Crippen LogP contribution in [0.3, 0.4) is 0 Å². The van der Waals surface area contributed by atoms with Gasteiger partial charge in [0.2, 0.25) is 5.91 Å². The number of hydrogen-bond donors (Lipinski definition) is 3. The highest BCUT2D eigenvalue weighted by atomic mass is 16.3. The summed E-state index contributed by atoms with van der Waals surface area (Å²) in [6.07, 6.45) is 8.78. The third-order valence-electron chi connectivity index (χ3n) is 4.59. The van der Waals surface area contributed by atoms with Gasteiger partial charge in [0.1, 0.15) is 0 Å². The lowest BCUT2D eigenvalue weighted by Gasteiger charge is -2.33. The highest BCUT2D eigenvalue weighted by molar-refractivity contribution is 5.86. The van der Waals surface area contributed by atoms with Gasteiger partial charge in [-0.15, -0.1) is 0 Å². The Labute approximate surface area is 109 Å². The van der Waals surface area contributed by atoms with Gasteiger partial charge in [0.15, 0.2) is 0 Å². The third kappa shape index (κ3) is 3.23. The van der Waals surface area contributed by atoms with E-state index in [1.165, 1.54) is 6.42 Å². The summed E-state index contributed by atoms with van der Waals surface area (Å²) in [6.45, 7) is 0.582. The molecule has 2 aliphatic carbocycles. The Kier molecular flexibility index (Phi) is 4.62. The molecule has 0 aromatic carbocycles. The molecule has 0 saturated heterocycles. The Balaban J connectivity index is 1.80. The van der Waals surface area contributed by atoms with Crippen LogP contribution < -0.4 is 11.1 Å². The molecule has 18 heavy (non-hydrogen) atoms. The Hall–Kier alpha value is -0.610. The molecule has 2 fully saturated rings. The summed E-state index contributed by atoms with van der Waals surface area (Å²) in [5, 5.41) is 12.8. The summed E-state index contributed by atoms with van der Waals surface area (Å²) in [6, 6.07) is 0. The standard InChI is InChI=1S/C14H26N2O2/c15-14(8-4-1-5-9-14)13(18)16-10-11-6-2-3-7-12(11)17/h11-12,17H,1-10,15H2,(H,16,18). The van der Waals surface area contributed by atoms with Gasteiger partial charge in [-0.1, -0.05) is 32.1 Å². The molecule has 104 valence electrons. The second kappa shape index (κ2) is 6.02. The summed E-state index contributed by atoms with van der Waals surface area (Å²) < 4.78 is 0. The Morgan fingerprint density at radius 2 is 1.83 bits per heavy atom. The van der Waals surface area contributed by atoms with Crippen molar-refractivity contribution in [3.05, 3.63) is 0 Å². The number of nitrogens with two attached hydrogens (primary N) is 1. The minimum Gasteiger partial charge on any atom is -0.393 e. The first kappa shape index (κ1) is 13.8. The van der Waals surface area contributed by atoms with E-state index in [4.69, 9.17) is 5.73 Å². The molecule has 0 spiro atoms. The SMILES string of the molecule is NC1(C(=O)NCC2CCCCC2O)CCCCC1. The van der Waals surface area contributed by atoms with E-state index in [0.717, 1.165) is 51.4 Å². The lowest BCUT2D eigenvalue weighted by molar-refractivity contribution is -0.127. The zero-order chi connectivity index (χ0) is 13.0. The predicted molar refractivity (Wildman–Crippen MR) is 71.0 cm³/mol. The van der Waals surface area contributed by atoms with E-state index >= 15 is 0 Å². The fraction of sp³-hybridized carbons (Fsp3) is 0.929. The molecule has 4 N–H and O–H groups in total. The second-order valence-corrected chi connectivity index (χ2v) is 6.04. The van der Waals surface area contributed by atoms with Crippen LogP contribution in [0.25, 0.3) is 0 Å². The van der Waals surface area contributed by atoms with Crippen LogP contribution in [0.15, 0.2) is 0 Å². The molecule has 2 saturated carbocycles. The van der Waals surface area contributed by atoms with Crippen LogP contribution in [0.2, 0.25) is 0 Å². The molecule has 2 atom stereocenters.